The molecular weight excluding hydrogens is 456 g/mol. The topological polar surface area (TPSA) is 149 Å². The van der Waals surface area contributed by atoms with Crippen molar-refractivity contribution in [1.29, 1.82) is 0 Å². The molecular formula is C24H20N4O7. The van der Waals surface area contributed by atoms with Gasteiger partial charge in [-0.05, 0) is 54.6 Å². The van der Waals surface area contributed by atoms with E-state index in [1.807, 2.05) is 0 Å². The van der Waals surface area contributed by atoms with Crippen molar-refractivity contribution >= 4 is 35.4 Å². The molecule has 0 spiro atoms. The fraction of sp³-hybridized carbons (Fsp3) is 0.0833. The van der Waals surface area contributed by atoms with Gasteiger partial charge in [0.2, 0.25) is 5.91 Å². The van der Waals surface area contributed by atoms with Crippen LogP contribution in [0.5, 0.6) is 11.5 Å². The molecule has 178 valence electrons. The van der Waals surface area contributed by atoms with Crippen LogP contribution in [0.4, 0.5) is 11.4 Å². The van der Waals surface area contributed by atoms with Gasteiger partial charge in [0.05, 0.1) is 23.8 Å². The number of nitrogens with one attached hydrogen (secondary N) is 2. The minimum absolute atomic E-state index is 0.00840. The van der Waals surface area contributed by atoms with Crippen molar-refractivity contribution in [3.05, 3.63) is 93.5 Å². The summed E-state index contributed by atoms with van der Waals surface area (Å²) in [6.07, 6.45) is 1.13. The second kappa shape index (κ2) is 11.2. The summed E-state index contributed by atoms with van der Waals surface area (Å²) in [5, 5.41) is 17.6. The molecule has 0 atom stereocenters. The average molecular weight is 476 g/mol. The number of anilines is 1. The van der Waals surface area contributed by atoms with Crippen LogP contribution in [0, 0.1) is 10.1 Å². The highest BCUT2D eigenvalue weighted by Crippen LogP contribution is 2.24. The number of ether oxygens (including phenoxy) is 2. The molecule has 3 rings (SSSR count). The van der Waals surface area contributed by atoms with Crippen LogP contribution in [-0.2, 0) is 4.79 Å². The number of esters is 1. The number of hydrogen-bond donors (Lipinski definition) is 2. The molecule has 3 aromatic rings. The Morgan fingerprint density at radius 3 is 2.23 bits per heavy atom. The number of amides is 2. The first kappa shape index (κ1) is 24.6. The molecule has 0 saturated carbocycles. The standard InChI is InChI=1S/C24H20N4O7/c1-15(29)26-19-7-3-16(4-8-19)23(30)27-25-14-18-13-20(28(32)33)9-12-22(18)35-24(31)17-5-10-21(34-2)11-6-17/h3-14H,1-2H3,(H,26,29)(H,27,30)/b25-14+. The van der Waals surface area contributed by atoms with Crippen molar-refractivity contribution < 1.29 is 28.8 Å². The Bertz CT molecular complexity index is 1290. The number of methoxy groups -OCH3 is 1. The van der Waals surface area contributed by atoms with Gasteiger partial charge in [0, 0.05) is 35.9 Å². The van der Waals surface area contributed by atoms with E-state index in [2.05, 4.69) is 15.8 Å². The molecule has 0 aliphatic carbocycles. The number of nitrogens with zero attached hydrogens (tertiary/aromatic N) is 2. The van der Waals surface area contributed by atoms with Gasteiger partial charge in [-0.25, -0.2) is 10.2 Å². The molecule has 0 aliphatic rings. The molecule has 2 amide bonds. The van der Waals surface area contributed by atoms with Crippen molar-refractivity contribution in [3.63, 3.8) is 0 Å². The Hall–Kier alpha value is -5.06. The third-order valence-electron chi connectivity index (χ3n) is 4.57. The van der Waals surface area contributed by atoms with Gasteiger partial charge in [-0.1, -0.05) is 0 Å². The van der Waals surface area contributed by atoms with Crippen molar-refractivity contribution in [2.24, 2.45) is 5.10 Å². The van der Waals surface area contributed by atoms with Crippen LogP contribution in [0.1, 0.15) is 33.2 Å². The lowest BCUT2D eigenvalue weighted by atomic mass is 10.2. The van der Waals surface area contributed by atoms with E-state index in [0.717, 1.165) is 12.3 Å². The normalized spacial score (nSPS) is 10.5. The highest BCUT2D eigenvalue weighted by molar-refractivity contribution is 5.97. The fourth-order valence-electron chi connectivity index (χ4n) is 2.86. The van der Waals surface area contributed by atoms with E-state index in [1.54, 1.807) is 24.3 Å². The number of carbonyl (C=O) groups is 3. The molecule has 11 nitrogen and oxygen atoms in total. The molecule has 0 aliphatic heterocycles. The third-order valence-corrected chi connectivity index (χ3v) is 4.57. The Labute approximate surface area is 199 Å². The van der Waals surface area contributed by atoms with Crippen LogP contribution >= 0.6 is 0 Å². The molecule has 0 radical (unpaired) electrons. The van der Waals surface area contributed by atoms with Crippen molar-refractivity contribution in [2.45, 2.75) is 6.92 Å². The average Bonchev–Trinajstić information content (AvgIpc) is 2.84. The first-order valence-corrected chi connectivity index (χ1v) is 10.1. The molecule has 0 saturated heterocycles. The van der Waals surface area contributed by atoms with Gasteiger partial charge in [0.25, 0.3) is 11.6 Å². The van der Waals surface area contributed by atoms with Crippen LogP contribution < -0.4 is 20.2 Å². The highest BCUT2D eigenvalue weighted by Gasteiger charge is 2.15. The lowest BCUT2D eigenvalue weighted by molar-refractivity contribution is -0.384. The molecule has 0 aromatic heterocycles. The van der Waals surface area contributed by atoms with Crippen LogP contribution in [0.2, 0.25) is 0 Å². The lowest BCUT2D eigenvalue weighted by Crippen LogP contribution is -2.18. The maximum absolute atomic E-state index is 12.5. The van der Waals surface area contributed by atoms with Crippen LogP contribution in [-0.4, -0.2) is 36.0 Å². The van der Waals surface area contributed by atoms with Gasteiger partial charge in [0.1, 0.15) is 11.5 Å². The molecule has 35 heavy (non-hydrogen) atoms. The molecule has 0 heterocycles. The molecule has 0 unspecified atom stereocenters. The Balaban J connectivity index is 1.75. The number of carbonyl (C=O) groups excluding carboxylic acids is 3. The van der Waals surface area contributed by atoms with Gasteiger partial charge in [-0.3, -0.25) is 19.7 Å². The summed E-state index contributed by atoms with van der Waals surface area (Å²) >= 11 is 0. The van der Waals surface area contributed by atoms with Crippen LogP contribution in [0.15, 0.2) is 71.8 Å². The first-order valence-electron chi connectivity index (χ1n) is 10.1. The minimum atomic E-state index is -0.695. The van der Waals surface area contributed by atoms with E-state index in [9.17, 15) is 24.5 Å². The number of hydrazone groups is 1. The smallest absolute Gasteiger partial charge is 0.343 e. The molecule has 0 fully saturated rings. The van der Waals surface area contributed by atoms with Gasteiger partial charge in [-0.2, -0.15) is 5.10 Å². The maximum atomic E-state index is 12.5. The predicted octanol–water partition coefficient (Wildman–Crippen LogP) is 3.54. The summed E-state index contributed by atoms with van der Waals surface area (Å²) < 4.78 is 10.4. The molecule has 2 N–H and O–H groups in total. The highest BCUT2D eigenvalue weighted by atomic mass is 16.6. The van der Waals surface area contributed by atoms with E-state index in [1.165, 1.54) is 50.4 Å². The maximum Gasteiger partial charge on any atom is 0.343 e. The summed E-state index contributed by atoms with van der Waals surface area (Å²) in [4.78, 5) is 46.5. The summed E-state index contributed by atoms with van der Waals surface area (Å²) in [6, 6.07) is 15.9. The second-order valence-corrected chi connectivity index (χ2v) is 7.05. The summed E-state index contributed by atoms with van der Waals surface area (Å²) in [5.74, 6) is -0.927. The number of hydrogen-bond acceptors (Lipinski definition) is 8. The number of nitro groups is 1. The van der Waals surface area contributed by atoms with Crippen molar-refractivity contribution in [2.75, 3.05) is 12.4 Å². The zero-order valence-corrected chi connectivity index (χ0v) is 18.7. The van der Waals surface area contributed by atoms with E-state index in [0.29, 0.717) is 11.4 Å². The zero-order valence-electron chi connectivity index (χ0n) is 18.7. The van der Waals surface area contributed by atoms with Crippen LogP contribution in [0.3, 0.4) is 0 Å². The number of nitro benzene ring substituents is 1. The lowest BCUT2D eigenvalue weighted by Gasteiger charge is -2.08. The van der Waals surface area contributed by atoms with Crippen LogP contribution in [0.25, 0.3) is 0 Å². The molecule has 0 bridgehead atoms. The monoisotopic (exact) mass is 476 g/mol. The Morgan fingerprint density at radius 2 is 1.63 bits per heavy atom. The number of benzene rings is 3. The minimum Gasteiger partial charge on any atom is -0.497 e. The first-order chi connectivity index (χ1) is 16.8. The zero-order chi connectivity index (χ0) is 25.4. The fourth-order valence-corrected chi connectivity index (χ4v) is 2.86. The second-order valence-electron chi connectivity index (χ2n) is 7.05. The van der Waals surface area contributed by atoms with Gasteiger partial charge in [0.15, 0.2) is 0 Å². The third kappa shape index (κ3) is 6.71. The predicted molar refractivity (Wildman–Crippen MR) is 127 cm³/mol. The quantitative estimate of drug-likeness (QED) is 0.166. The molecule has 11 heteroatoms. The number of non-ortho nitro benzene ring substituents is 1. The van der Waals surface area contributed by atoms with E-state index >= 15 is 0 Å². The Kier molecular flexibility index (Phi) is 7.86. The van der Waals surface area contributed by atoms with E-state index in [4.69, 9.17) is 9.47 Å². The summed E-state index contributed by atoms with van der Waals surface area (Å²) in [6.45, 7) is 1.37. The number of rotatable bonds is 8. The largest absolute Gasteiger partial charge is 0.497 e. The van der Waals surface area contributed by atoms with E-state index in [-0.39, 0.29) is 34.0 Å². The SMILES string of the molecule is COc1ccc(C(=O)Oc2ccc([N+](=O)[O-])cc2/C=N/NC(=O)c2ccc(NC(C)=O)cc2)cc1. The van der Waals surface area contributed by atoms with Crippen molar-refractivity contribution in [1.82, 2.24) is 5.43 Å². The van der Waals surface area contributed by atoms with Gasteiger partial charge < -0.3 is 14.8 Å². The Morgan fingerprint density at radius 1 is 0.971 bits per heavy atom. The van der Waals surface area contributed by atoms with Gasteiger partial charge >= 0.3 is 5.97 Å². The summed E-state index contributed by atoms with van der Waals surface area (Å²) in [7, 11) is 1.50. The summed E-state index contributed by atoms with van der Waals surface area (Å²) in [5.41, 5.74) is 3.18. The van der Waals surface area contributed by atoms with Gasteiger partial charge in [-0.15, -0.1) is 0 Å². The molecule has 3 aromatic carbocycles. The van der Waals surface area contributed by atoms with E-state index < -0.39 is 16.8 Å². The van der Waals surface area contributed by atoms with Crippen molar-refractivity contribution in [3.8, 4) is 11.5 Å².